The van der Waals surface area contributed by atoms with Crippen molar-refractivity contribution in [2.45, 2.75) is 31.1 Å². The van der Waals surface area contributed by atoms with Crippen molar-refractivity contribution in [3.63, 3.8) is 0 Å². The van der Waals surface area contributed by atoms with Crippen molar-refractivity contribution < 1.29 is 34.8 Å². The first kappa shape index (κ1) is 22.2. The summed E-state index contributed by atoms with van der Waals surface area (Å²) in [4.78, 5) is 38.7. The van der Waals surface area contributed by atoms with Crippen LogP contribution < -0.4 is 0 Å². The van der Waals surface area contributed by atoms with E-state index in [-0.39, 0.29) is 29.4 Å². The summed E-state index contributed by atoms with van der Waals surface area (Å²) in [6.45, 7) is -0.650. The second-order valence-electron chi connectivity index (χ2n) is 8.30. The lowest BCUT2D eigenvalue weighted by Gasteiger charge is -2.16. The molecule has 6 rings (SSSR count). The van der Waals surface area contributed by atoms with Crippen molar-refractivity contribution in [1.82, 2.24) is 39.4 Å². The zero-order valence-electron chi connectivity index (χ0n) is 18.3. The van der Waals surface area contributed by atoms with Gasteiger partial charge < -0.3 is 25.2 Å². The number of imide groups is 1. The number of aromatic hydroxyl groups is 1. The molecule has 0 radical (unpaired) electrons. The molecule has 2 aliphatic rings. The third kappa shape index (κ3) is 3.25. The first-order valence-electron chi connectivity index (χ1n) is 10.8. The number of hydrogen-bond donors (Lipinski definition) is 4. The maximum atomic E-state index is 12.6. The summed E-state index contributed by atoms with van der Waals surface area (Å²) in [5.74, 6) is -1.49. The minimum Gasteiger partial charge on any atom is -0.492 e. The molecule has 5 heterocycles. The lowest BCUT2D eigenvalue weighted by molar-refractivity contribution is -0.0511. The van der Waals surface area contributed by atoms with E-state index in [9.17, 15) is 30.0 Å². The van der Waals surface area contributed by atoms with E-state index in [0.717, 1.165) is 9.58 Å². The molecule has 4 N–H and O–H groups in total. The number of nitrogens with zero attached hydrogens (tertiary/aromatic N) is 8. The van der Waals surface area contributed by atoms with E-state index >= 15 is 0 Å². The Morgan fingerprint density at radius 3 is 2.42 bits per heavy atom. The van der Waals surface area contributed by atoms with Gasteiger partial charge in [0.15, 0.2) is 17.4 Å². The molecule has 2 amide bonds. The molecule has 0 aliphatic carbocycles. The normalized spacial score (nSPS) is 23.7. The van der Waals surface area contributed by atoms with E-state index in [4.69, 9.17) is 4.74 Å². The molecule has 184 valence electrons. The Hall–Kier alpha value is -4.31. The highest BCUT2D eigenvalue weighted by atomic mass is 16.6. The Morgan fingerprint density at radius 1 is 1.03 bits per heavy atom. The Labute approximate surface area is 200 Å². The van der Waals surface area contributed by atoms with Crippen LogP contribution in [0.1, 0.15) is 32.6 Å². The second kappa shape index (κ2) is 8.13. The van der Waals surface area contributed by atoms with E-state index < -0.39 is 48.8 Å². The molecule has 0 spiro atoms. The highest BCUT2D eigenvalue weighted by Gasteiger charge is 2.44. The highest BCUT2D eigenvalue weighted by molar-refractivity contribution is 6.21. The zero-order chi connectivity index (χ0) is 25.1. The summed E-state index contributed by atoms with van der Waals surface area (Å²) < 4.78 is 7.96. The number of rotatable bonds is 5. The minimum atomic E-state index is -1.39. The maximum Gasteiger partial charge on any atom is 0.261 e. The Kier molecular flexibility index (Phi) is 5.01. The molecule has 0 saturated carbocycles. The van der Waals surface area contributed by atoms with Crippen LogP contribution in [0.25, 0.3) is 17.1 Å². The van der Waals surface area contributed by atoms with Crippen LogP contribution in [0.3, 0.4) is 0 Å². The van der Waals surface area contributed by atoms with E-state index in [1.807, 2.05) is 0 Å². The number of carbonyl (C=O) groups is 2. The van der Waals surface area contributed by atoms with Gasteiger partial charge in [-0.15, -0.1) is 5.10 Å². The van der Waals surface area contributed by atoms with Gasteiger partial charge in [-0.05, 0) is 12.1 Å². The van der Waals surface area contributed by atoms with Crippen LogP contribution in [0.4, 0.5) is 0 Å². The fourth-order valence-corrected chi connectivity index (χ4v) is 4.30. The number of hydrogen-bond acceptors (Lipinski definition) is 12. The van der Waals surface area contributed by atoms with Gasteiger partial charge in [-0.3, -0.25) is 19.1 Å². The van der Waals surface area contributed by atoms with Gasteiger partial charge in [-0.1, -0.05) is 17.3 Å². The molecule has 15 nitrogen and oxygen atoms in total. The molecule has 4 aromatic rings. The molecule has 4 atom stereocenters. The van der Waals surface area contributed by atoms with Crippen LogP contribution in [0, 0.1) is 0 Å². The highest BCUT2D eigenvalue weighted by Crippen LogP contribution is 2.33. The Balaban J connectivity index is 1.30. The van der Waals surface area contributed by atoms with Gasteiger partial charge in [0.2, 0.25) is 5.88 Å². The summed E-state index contributed by atoms with van der Waals surface area (Å²) >= 11 is 0. The van der Waals surface area contributed by atoms with Gasteiger partial charge in [0.05, 0.1) is 36.8 Å². The van der Waals surface area contributed by atoms with Gasteiger partial charge in [-0.2, -0.15) is 14.6 Å². The first-order chi connectivity index (χ1) is 17.4. The number of fused-ring (bicyclic) bond motifs is 2. The predicted octanol–water partition coefficient (Wildman–Crippen LogP) is -1.48. The van der Waals surface area contributed by atoms with Crippen LogP contribution in [0.2, 0.25) is 0 Å². The number of benzene rings is 1. The van der Waals surface area contributed by atoms with Gasteiger partial charge in [0.25, 0.3) is 17.8 Å². The predicted molar refractivity (Wildman–Crippen MR) is 116 cm³/mol. The molecule has 1 saturated heterocycles. The molecule has 36 heavy (non-hydrogen) atoms. The lowest BCUT2D eigenvalue weighted by Crippen LogP contribution is -2.33. The molecule has 1 aromatic carbocycles. The molecule has 3 aromatic heterocycles. The number of aromatic nitrogens is 7. The first-order valence-corrected chi connectivity index (χ1v) is 10.8. The van der Waals surface area contributed by atoms with Crippen molar-refractivity contribution in [3.05, 3.63) is 53.6 Å². The Morgan fingerprint density at radius 2 is 1.75 bits per heavy atom. The van der Waals surface area contributed by atoms with Gasteiger partial charge in [0, 0.05) is 0 Å². The number of carbonyl (C=O) groups excluding carboxylic acids is 2. The third-order valence-electron chi connectivity index (χ3n) is 6.13. The number of imidazole rings is 1. The van der Waals surface area contributed by atoms with Crippen LogP contribution in [-0.2, 0) is 11.3 Å². The molecule has 15 heteroatoms. The smallest absolute Gasteiger partial charge is 0.261 e. The van der Waals surface area contributed by atoms with Crippen molar-refractivity contribution in [2.75, 3.05) is 6.61 Å². The molecule has 1 fully saturated rings. The maximum absolute atomic E-state index is 12.6. The fraction of sp³-hybridized carbons (Fsp3) is 0.286. The van der Waals surface area contributed by atoms with E-state index in [1.54, 1.807) is 24.3 Å². The van der Waals surface area contributed by atoms with Crippen LogP contribution in [-0.4, -0.2) is 96.6 Å². The third-order valence-corrected chi connectivity index (χ3v) is 6.13. The summed E-state index contributed by atoms with van der Waals surface area (Å²) in [6, 6.07) is 6.51. The van der Waals surface area contributed by atoms with Crippen LogP contribution in [0.15, 0.2) is 36.8 Å². The van der Waals surface area contributed by atoms with E-state index in [1.165, 1.54) is 17.1 Å². The molecule has 2 aliphatic heterocycles. The van der Waals surface area contributed by atoms with Crippen molar-refractivity contribution in [3.8, 4) is 11.8 Å². The summed E-state index contributed by atoms with van der Waals surface area (Å²) in [5, 5.41) is 48.1. The average molecular weight is 494 g/mol. The van der Waals surface area contributed by atoms with E-state index in [2.05, 4.69) is 25.3 Å². The summed E-state index contributed by atoms with van der Waals surface area (Å²) in [7, 11) is 0. The zero-order valence-corrected chi connectivity index (χ0v) is 18.3. The summed E-state index contributed by atoms with van der Waals surface area (Å²) in [5.41, 5.74) is 0.954. The molecular weight excluding hydrogens is 476 g/mol. The summed E-state index contributed by atoms with van der Waals surface area (Å²) in [6.07, 6.45) is -2.23. The topological polar surface area (TPSA) is 202 Å². The number of aliphatic hydroxyl groups is 3. The number of amides is 2. The van der Waals surface area contributed by atoms with E-state index in [0.29, 0.717) is 11.1 Å². The van der Waals surface area contributed by atoms with Crippen molar-refractivity contribution >= 4 is 23.0 Å². The molecular formula is C21H18N8O7. The largest absolute Gasteiger partial charge is 0.492 e. The average Bonchev–Trinajstić information content (AvgIpc) is 3.64. The monoisotopic (exact) mass is 494 g/mol. The van der Waals surface area contributed by atoms with Gasteiger partial charge in [0.1, 0.15) is 24.0 Å². The minimum absolute atomic E-state index is 0.00264. The van der Waals surface area contributed by atoms with Crippen molar-refractivity contribution in [1.29, 1.82) is 0 Å². The quantitative estimate of drug-likeness (QED) is 0.235. The van der Waals surface area contributed by atoms with Crippen molar-refractivity contribution in [2.24, 2.45) is 0 Å². The van der Waals surface area contributed by atoms with Crippen LogP contribution in [0.5, 0.6) is 5.88 Å². The SMILES string of the molecule is O=C1c2ccccc2C(=O)N1Cc1cn(-c2nc(O)c3ncn([C@@H]4O[C@H](CO)[C@@H](O)[C@H]4O)c3n2)nn1. The fourth-order valence-electron chi connectivity index (χ4n) is 4.30. The number of ether oxygens (including phenoxy) is 1. The Bertz CT molecular complexity index is 1480. The lowest BCUT2D eigenvalue weighted by atomic mass is 10.1. The molecule has 0 unspecified atom stereocenters. The molecule has 0 bridgehead atoms. The number of aliphatic hydroxyl groups excluding tert-OH is 3. The van der Waals surface area contributed by atoms with Gasteiger partial charge >= 0.3 is 0 Å². The second-order valence-corrected chi connectivity index (χ2v) is 8.30. The standard InChI is InChI=1S/C21H18N8O7/c30-7-12-14(31)15(32)20(36-12)28-8-22-13-16(28)23-21(24-17(13)33)29-6-9(25-26-29)5-27-18(34)10-3-1-2-4-11(10)19(27)35/h1-4,6,8,12,14-15,20,30-32H,5,7H2,(H,23,24,33)/t12-,14-,15-,20-/m1/s1. The van der Waals surface area contributed by atoms with Gasteiger partial charge in [-0.25, -0.2) is 4.98 Å². The van der Waals surface area contributed by atoms with Crippen LogP contribution >= 0.6 is 0 Å².